The number of nitrogens with zero attached hydrogens (tertiary/aromatic N) is 4. The van der Waals surface area contributed by atoms with Crippen LogP contribution in [0.5, 0.6) is 0 Å². The minimum atomic E-state index is -5.34. The SMILES string of the molecule is CC(C)(C)C1=CC(=CN=Nc2ccc(C(C)(C)c3ccc(N=NC=C4C=C(OC(F)(F)F)C(=O)C(OC(F)(F)F)=C4)cc3)cc2)C=C(C(C)(C)C)C1=O. The number of hydrogen-bond donors (Lipinski definition) is 0. The summed E-state index contributed by atoms with van der Waals surface area (Å²) in [5.41, 5.74) is 3.55. The van der Waals surface area contributed by atoms with Crippen molar-refractivity contribution in [3.63, 3.8) is 0 Å². The summed E-state index contributed by atoms with van der Waals surface area (Å²) in [6.07, 6.45) is -3.30. The summed E-state index contributed by atoms with van der Waals surface area (Å²) < 4.78 is 83.5. The highest BCUT2D eigenvalue weighted by atomic mass is 19.4. The first-order valence-corrected chi connectivity index (χ1v) is 16.3. The predicted octanol–water partition coefficient (Wildman–Crippen LogP) is 11.9. The van der Waals surface area contributed by atoms with Gasteiger partial charge in [-0.25, -0.2) is 0 Å². The van der Waals surface area contributed by atoms with Gasteiger partial charge in [-0.1, -0.05) is 79.7 Å². The zero-order chi connectivity index (χ0) is 39.6. The van der Waals surface area contributed by atoms with Crippen LogP contribution in [0.1, 0.15) is 66.5 Å². The van der Waals surface area contributed by atoms with Gasteiger partial charge in [-0.15, -0.1) is 26.3 Å². The predicted molar refractivity (Wildman–Crippen MR) is 186 cm³/mol. The molecule has 0 unspecified atom stereocenters. The van der Waals surface area contributed by atoms with Crippen LogP contribution < -0.4 is 0 Å². The van der Waals surface area contributed by atoms with Gasteiger partial charge >= 0.3 is 12.7 Å². The molecule has 2 aliphatic carbocycles. The Balaban J connectivity index is 1.49. The van der Waals surface area contributed by atoms with Crippen LogP contribution in [0.2, 0.25) is 0 Å². The van der Waals surface area contributed by atoms with E-state index in [9.17, 15) is 35.9 Å². The van der Waals surface area contributed by atoms with Crippen LogP contribution >= 0.6 is 0 Å². The number of carbonyl (C=O) groups excluding carboxylic acids is 2. The summed E-state index contributed by atoms with van der Waals surface area (Å²) in [6, 6.07) is 14.4. The molecule has 0 fully saturated rings. The van der Waals surface area contributed by atoms with Crippen LogP contribution in [-0.2, 0) is 24.5 Å². The van der Waals surface area contributed by atoms with Crippen molar-refractivity contribution in [3.05, 3.63) is 130 Å². The first-order valence-electron chi connectivity index (χ1n) is 16.3. The molecule has 0 bridgehead atoms. The fourth-order valence-corrected chi connectivity index (χ4v) is 5.29. The van der Waals surface area contributed by atoms with Crippen LogP contribution in [0, 0.1) is 10.8 Å². The number of rotatable bonds is 8. The molecule has 2 aliphatic rings. The van der Waals surface area contributed by atoms with E-state index in [1.54, 1.807) is 30.5 Å². The zero-order valence-electron chi connectivity index (χ0n) is 30.3. The van der Waals surface area contributed by atoms with Crippen molar-refractivity contribution in [1.82, 2.24) is 0 Å². The van der Waals surface area contributed by atoms with Crippen LogP contribution in [0.4, 0.5) is 37.7 Å². The van der Waals surface area contributed by atoms with Gasteiger partial charge in [-0.2, -0.15) is 20.5 Å². The molecule has 4 rings (SSSR count). The Morgan fingerprint density at radius 3 is 1.17 bits per heavy atom. The van der Waals surface area contributed by atoms with E-state index in [0.717, 1.165) is 22.9 Å². The normalized spacial score (nSPS) is 16.4. The number of halogens is 6. The Labute approximate surface area is 303 Å². The second-order valence-electron chi connectivity index (χ2n) is 14.8. The molecule has 0 aliphatic heterocycles. The molecule has 0 aromatic heterocycles. The fraction of sp³-hybridized carbons (Fsp3) is 0.333. The molecule has 0 heterocycles. The van der Waals surface area contributed by atoms with Crippen molar-refractivity contribution in [2.75, 3.05) is 0 Å². The van der Waals surface area contributed by atoms with Crippen LogP contribution in [0.3, 0.4) is 0 Å². The lowest BCUT2D eigenvalue weighted by Crippen LogP contribution is -2.27. The number of carbonyl (C=O) groups is 2. The summed E-state index contributed by atoms with van der Waals surface area (Å²) >= 11 is 0. The van der Waals surface area contributed by atoms with Crippen molar-refractivity contribution in [2.24, 2.45) is 31.3 Å². The average molecular weight is 741 g/mol. The quantitative estimate of drug-likeness (QED) is 0.199. The number of allylic oxidation sites excluding steroid dienone is 8. The molecule has 2 aromatic carbocycles. The number of alkyl halides is 6. The summed E-state index contributed by atoms with van der Waals surface area (Å²) in [7, 11) is 0. The van der Waals surface area contributed by atoms with Gasteiger partial charge in [-0.05, 0) is 76.1 Å². The lowest BCUT2D eigenvalue weighted by molar-refractivity contribution is -0.309. The third-order valence-corrected chi connectivity index (χ3v) is 8.16. The summed E-state index contributed by atoms with van der Waals surface area (Å²) in [5, 5.41) is 16.3. The van der Waals surface area contributed by atoms with Gasteiger partial charge in [0.05, 0.1) is 23.8 Å². The van der Waals surface area contributed by atoms with Gasteiger partial charge in [-0.3, -0.25) is 9.59 Å². The molecule has 8 nitrogen and oxygen atoms in total. The van der Waals surface area contributed by atoms with E-state index in [-0.39, 0.29) is 22.2 Å². The van der Waals surface area contributed by atoms with Crippen molar-refractivity contribution in [2.45, 2.75) is 73.5 Å². The van der Waals surface area contributed by atoms with Crippen molar-refractivity contribution in [1.29, 1.82) is 0 Å². The smallest absolute Gasteiger partial charge is 0.401 e. The maximum absolute atomic E-state index is 13.2. The largest absolute Gasteiger partial charge is 0.573 e. The molecule has 2 aromatic rings. The van der Waals surface area contributed by atoms with Gasteiger partial charge in [0, 0.05) is 22.1 Å². The molecule has 0 saturated carbocycles. The number of azo groups is 2. The van der Waals surface area contributed by atoms with Crippen molar-refractivity contribution < 1.29 is 45.4 Å². The molecule has 280 valence electrons. The Morgan fingerprint density at radius 1 is 0.509 bits per heavy atom. The van der Waals surface area contributed by atoms with Crippen molar-refractivity contribution >= 4 is 22.9 Å². The second kappa shape index (κ2) is 14.9. The van der Waals surface area contributed by atoms with Gasteiger partial charge in [0.2, 0.25) is 0 Å². The lowest BCUT2D eigenvalue weighted by Gasteiger charge is -2.31. The minimum Gasteiger partial charge on any atom is -0.401 e. The monoisotopic (exact) mass is 740 g/mol. The highest BCUT2D eigenvalue weighted by molar-refractivity contribution is 6.11. The van der Waals surface area contributed by atoms with Crippen LogP contribution in [-0.4, -0.2) is 24.3 Å². The first kappa shape index (κ1) is 40.4. The molecule has 0 atom stereocenters. The number of hydrogen-bond acceptors (Lipinski definition) is 8. The van der Waals surface area contributed by atoms with Gasteiger partial charge in [0.25, 0.3) is 5.78 Å². The van der Waals surface area contributed by atoms with E-state index >= 15 is 0 Å². The Bertz CT molecular complexity index is 1920. The molecule has 14 heteroatoms. The number of Topliss-reactive ketones (excluding diaryl/α,β-unsaturated/α-hetero) is 2. The molecule has 0 saturated heterocycles. The van der Waals surface area contributed by atoms with E-state index in [0.29, 0.717) is 34.7 Å². The number of benzene rings is 2. The maximum Gasteiger partial charge on any atom is 0.573 e. The molecule has 53 heavy (non-hydrogen) atoms. The maximum atomic E-state index is 13.2. The first-order chi connectivity index (χ1) is 24.3. The zero-order valence-corrected chi connectivity index (χ0v) is 30.3. The van der Waals surface area contributed by atoms with Crippen LogP contribution in [0.25, 0.3) is 0 Å². The summed E-state index contributed by atoms with van der Waals surface area (Å²) in [5.74, 6) is -4.53. The molecule has 0 amide bonds. The van der Waals surface area contributed by atoms with Gasteiger partial charge < -0.3 is 9.47 Å². The van der Waals surface area contributed by atoms with Crippen LogP contribution in [0.15, 0.2) is 140 Å². The average Bonchev–Trinajstić information content (AvgIpc) is 3.02. The van der Waals surface area contributed by atoms with Crippen molar-refractivity contribution in [3.8, 4) is 0 Å². The van der Waals surface area contributed by atoms with E-state index in [4.69, 9.17) is 0 Å². The van der Waals surface area contributed by atoms with Gasteiger partial charge in [0.15, 0.2) is 17.3 Å². The van der Waals surface area contributed by atoms with Gasteiger partial charge in [0.1, 0.15) is 0 Å². The highest BCUT2D eigenvalue weighted by Crippen LogP contribution is 2.39. The third-order valence-electron chi connectivity index (χ3n) is 8.16. The fourth-order valence-electron chi connectivity index (χ4n) is 5.29. The molecular weight excluding hydrogens is 702 g/mol. The minimum absolute atomic E-state index is 0.0403. The lowest BCUT2D eigenvalue weighted by atomic mass is 9.72. The topological polar surface area (TPSA) is 102 Å². The second-order valence-corrected chi connectivity index (χ2v) is 14.8. The Morgan fingerprint density at radius 2 is 0.849 bits per heavy atom. The molecule has 0 radical (unpaired) electrons. The molecule has 0 spiro atoms. The standard InChI is InChI=1S/C39H38F6N4O4/c1-35(2,3)29-17-23(18-30(33(29)50)36(4,5)6)21-46-48-27-13-9-25(10-14-27)37(7,8)26-11-15-28(16-12-26)49-47-22-24-19-31(52-38(40,41)42)34(51)32(20-24)53-39(43,44)45/h9-22H,1-8H3. The summed E-state index contributed by atoms with van der Waals surface area (Å²) in [4.78, 5) is 25.2. The Hall–Kier alpha value is -5.40. The van der Waals surface area contributed by atoms with E-state index in [2.05, 4.69) is 29.9 Å². The molecule has 0 N–H and O–H groups in total. The molecular formula is C39H38F6N4O4. The highest BCUT2D eigenvalue weighted by Gasteiger charge is 2.41. The summed E-state index contributed by atoms with van der Waals surface area (Å²) in [6.45, 7) is 16.1. The number of ketones is 2. The van der Waals surface area contributed by atoms with E-state index in [1.807, 2.05) is 91.8 Å². The number of ether oxygens (including phenoxy) is 2. The Kier molecular flexibility index (Phi) is 11.4. The van der Waals surface area contributed by atoms with E-state index < -0.39 is 35.4 Å². The van der Waals surface area contributed by atoms with E-state index in [1.165, 1.54) is 0 Å². The third kappa shape index (κ3) is 10.8.